The average Bonchev–Trinajstić information content (AvgIpc) is 2.29. The molecule has 1 fully saturated rings. The minimum Gasteiger partial charge on any atom is -0.493 e. The van der Waals surface area contributed by atoms with Crippen molar-refractivity contribution in [2.75, 3.05) is 19.7 Å². The van der Waals surface area contributed by atoms with Crippen LogP contribution in [-0.4, -0.2) is 19.7 Å². The highest BCUT2D eigenvalue weighted by atomic mass is 79.9. The molecule has 1 N–H and O–H groups in total. The Morgan fingerprint density at radius 1 is 1.33 bits per heavy atom. The molecule has 0 saturated carbocycles. The zero-order chi connectivity index (χ0) is 12.3. The van der Waals surface area contributed by atoms with Crippen molar-refractivity contribution >= 4 is 28.3 Å². The Hall–Kier alpha value is -0.250. The van der Waals surface area contributed by atoms with Crippen molar-refractivity contribution in [2.45, 2.75) is 26.7 Å². The SMILES string of the molecule is Cc1cc(Br)cc(C)c1OC[C@H]1CCCNC1.Cl. The lowest BCUT2D eigenvalue weighted by atomic mass is 10.0. The van der Waals surface area contributed by atoms with Gasteiger partial charge in [-0.25, -0.2) is 0 Å². The van der Waals surface area contributed by atoms with Gasteiger partial charge in [0.25, 0.3) is 0 Å². The number of rotatable bonds is 3. The smallest absolute Gasteiger partial charge is 0.125 e. The third-order valence-electron chi connectivity index (χ3n) is 3.29. The van der Waals surface area contributed by atoms with E-state index in [1.807, 2.05) is 0 Å². The minimum atomic E-state index is 0. The van der Waals surface area contributed by atoms with E-state index in [-0.39, 0.29) is 12.4 Å². The van der Waals surface area contributed by atoms with E-state index >= 15 is 0 Å². The van der Waals surface area contributed by atoms with Gasteiger partial charge in [0.1, 0.15) is 5.75 Å². The molecule has 4 heteroatoms. The van der Waals surface area contributed by atoms with Crippen molar-refractivity contribution in [3.63, 3.8) is 0 Å². The molecule has 102 valence electrons. The van der Waals surface area contributed by atoms with Crippen LogP contribution in [0.3, 0.4) is 0 Å². The normalized spacial score (nSPS) is 19.2. The van der Waals surface area contributed by atoms with Gasteiger partial charge >= 0.3 is 0 Å². The standard InChI is InChI=1S/C14H20BrNO.ClH/c1-10-6-13(15)7-11(2)14(10)17-9-12-4-3-5-16-8-12;/h6-7,12,16H,3-5,8-9H2,1-2H3;1H/t12-;/m0./s1. The molecule has 0 spiro atoms. The van der Waals surface area contributed by atoms with Crippen molar-refractivity contribution in [3.05, 3.63) is 27.7 Å². The number of ether oxygens (including phenoxy) is 1. The zero-order valence-electron chi connectivity index (χ0n) is 11.0. The predicted molar refractivity (Wildman–Crippen MR) is 82.0 cm³/mol. The number of aryl methyl sites for hydroxylation is 2. The summed E-state index contributed by atoms with van der Waals surface area (Å²) in [6.07, 6.45) is 2.55. The van der Waals surface area contributed by atoms with Gasteiger partial charge in [0.15, 0.2) is 0 Å². The maximum Gasteiger partial charge on any atom is 0.125 e. The topological polar surface area (TPSA) is 21.3 Å². The van der Waals surface area contributed by atoms with Crippen LogP contribution in [-0.2, 0) is 0 Å². The summed E-state index contributed by atoms with van der Waals surface area (Å²) in [4.78, 5) is 0. The van der Waals surface area contributed by atoms with Gasteiger partial charge in [0, 0.05) is 16.9 Å². The maximum atomic E-state index is 6.00. The molecular weight excluding hydrogens is 314 g/mol. The molecule has 1 aromatic carbocycles. The van der Waals surface area contributed by atoms with Crippen LogP contribution in [0.4, 0.5) is 0 Å². The van der Waals surface area contributed by atoms with Crippen molar-refractivity contribution in [1.29, 1.82) is 0 Å². The van der Waals surface area contributed by atoms with Crippen molar-refractivity contribution in [2.24, 2.45) is 5.92 Å². The van der Waals surface area contributed by atoms with Crippen LogP contribution in [0.25, 0.3) is 0 Å². The molecule has 0 unspecified atom stereocenters. The highest BCUT2D eigenvalue weighted by Gasteiger charge is 2.14. The molecule has 1 aliphatic rings. The van der Waals surface area contributed by atoms with Gasteiger partial charge in [-0.05, 0) is 56.5 Å². The fraction of sp³-hybridized carbons (Fsp3) is 0.571. The van der Waals surface area contributed by atoms with E-state index < -0.39 is 0 Å². The van der Waals surface area contributed by atoms with Crippen LogP contribution in [0.15, 0.2) is 16.6 Å². The lowest BCUT2D eigenvalue weighted by Crippen LogP contribution is -2.33. The van der Waals surface area contributed by atoms with E-state index in [0.717, 1.165) is 29.9 Å². The van der Waals surface area contributed by atoms with Crippen LogP contribution >= 0.6 is 28.3 Å². The first-order chi connectivity index (χ1) is 8.16. The predicted octanol–water partition coefficient (Wildman–Crippen LogP) is 3.87. The van der Waals surface area contributed by atoms with Gasteiger partial charge in [-0.1, -0.05) is 15.9 Å². The number of benzene rings is 1. The van der Waals surface area contributed by atoms with Gasteiger partial charge < -0.3 is 10.1 Å². The highest BCUT2D eigenvalue weighted by molar-refractivity contribution is 9.10. The molecule has 0 amide bonds. The summed E-state index contributed by atoms with van der Waals surface area (Å²) >= 11 is 3.51. The van der Waals surface area contributed by atoms with Crippen LogP contribution < -0.4 is 10.1 Å². The molecule has 2 rings (SSSR count). The first kappa shape index (κ1) is 15.8. The van der Waals surface area contributed by atoms with E-state index in [0.29, 0.717) is 5.92 Å². The molecule has 1 saturated heterocycles. The van der Waals surface area contributed by atoms with Crippen molar-refractivity contribution in [3.8, 4) is 5.75 Å². The monoisotopic (exact) mass is 333 g/mol. The van der Waals surface area contributed by atoms with Crippen LogP contribution in [0.1, 0.15) is 24.0 Å². The first-order valence-corrected chi connectivity index (χ1v) is 7.06. The molecule has 1 heterocycles. The van der Waals surface area contributed by atoms with Gasteiger partial charge in [0.2, 0.25) is 0 Å². The van der Waals surface area contributed by atoms with Crippen LogP contribution in [0, 0.1) is 19.8 Å². The number of halogens is 2. The lowest BCUT2D eigenvalue weighted by molar-refractivity contribution is 0.216. The van der Waals surface area contributed by atoms with Gasteiger partial charge in [-0.2, -0.15) is 0 Å². The second-order valence-corrected chi connectivity index (χ2v) is 5.81. The van der Waals surface area contributed by atoms with Gasteiger partial charge in [0.05, 0.1) is 6.61 Å². The Balaban J connectivity index is 0.00000162. The van der Waals surface area contributed by atoms with Gasteiger partial charge in [-0.3, -0.25) is 0 Å². The number of nitrogens with one attached hydrogen (secondary N) is 1. The summed E-state index contributed by atoms with van der Waals surface area (Å²) in [5, 5.41) is 3.42. The molecular formula is C14H21BrClNO. The molecule has 0 aromatic heterocycles. The fourth-order valence-electron chi connectivity index (χ4n) is 2.39. The minimum absolute atomic E-state index is 0. The molecule has 18 heavy (non-hydrogen) atoms. The molecule has 2 nitrogen and oxygen atoms in total. The second-order valence-electron chi connectivity index (χ2n) is 4.89. The van der Waals surface area contributed by atoms with E-state index in [9.17, 15) is 0 Å². The average molecular weight is 335 g/mol. The van der Waals surface area contributed by atoms with Crippen molar-refractivity contribution < 1.29 is 4.74 Å². The van der Waals surface area contributed by atoms with E-state index in [1.54, 1.807) is 0 Å². The Bertz CT molecular complexity index is 368. The van der Waals surface area contributed by atoms with E-state index in [1.165, 1.54) is 24.0 Å². The third-order valence-corrected chi connectivity index (χ3v) is 3.75. The second kappa shape index (κ2) is 7.37. The van der Waals surface area contributed by atoms with Crippen LogP contribution in [0.2, 0.25) is 0 Å². The molecule has 0 radical (unpaired) electrons. The quantitative estimate of drug-likeness (QED) is 0.906. The maximum absolute atomic E-state index is 6.00. The summed E-state index contributed by atoms with van der Waals surface area (Å²) in [6, 6.07) is 4.23. The number of hydrogen-bond acceptors (Lipinski definition) is 2. The summed E-state index contributed by atoms with van der Waals surface area (Å²) in [7, 11) is 0. The Morgan fingerprint density at radius 2 is 2.00 bits per heavy atom. The van der Waals surface area contributed by atoms with E-state index in [4.69, 9.17) is 4.74 Å². The van der Waals surface area contributed by atoms with Crippen molar-refractivity contribution in [1.82, 2.24) is 5.32 Å². The molecule has 1 atom stereocenters. The number of hydrogen-bond donors (Lipinski definition) is 1. The van der Waals surface area contributed by atoms with Gasteiger partial charge in [-0.15, -0.1) is 12.4 Å². The summed E-state index contributed by atoms with van der Waals surface area (Å²) in [5.74, 6) is 1.71. The molecule has 0 aliphatic carbocycles. The largest absolute Gasteiger partial charge is 0.493 e. The summed E-state index contributed by atoms with van der Waals surface area (Å²) in [5.41, 5.74) is 2.42. The third kappa shape index (κ3) is 4.15. The Labute approximate surface area is 124 Å². The zero-order valence-corrected chi connectivity index (χ0v) is 13.4. The Kier molecular flexibility index (Phi) is 6.47. The lowest BCUT2D eigenvalue weighted by Gasteiger charge is -2.23. The number of piperidine rings is 1. The highest BCUT2D eigenvalue weighted by Crippen LogP contribution is 2.28. The summed E-state index contributed by atoms with van der Waals surface area (Å²) < 4.78 is 7.13. The molecule has 1 aromatic rings. The van der Waals surface area contributed by atoms with Crippen LogP contribution in [0.5, 0.6) is 5.75 Å². The molecule has 1 aliphatic heterocycles. The Morgan fingerprint density at radius 3 is 2.56 bits per heavy atom. The van der Waals surface area contributed by atoms with E-state index in [2.05, 4.69) is 47.2 Å². The first-order valence-electron chi connectivity index (χ1n) is 6.27. The summed E-state index contributed by atoms with van der Waals surface area (Å²) in [6.45, 7) is 7.29. The molecule has 0 bridgehead atoms. The fourth-order valence-corrected chi connectivity index (χ4v) is 3.08.